The molecule has 0 aromatic rings. The molecule has 0 N–H and O–H groups in total. The van der Waals surface area contributed by atoms with E-state index in [2.05, 4.69) is 13.8 Å². The summed E-state index contributed by atoms with van der Waals surface area (Å²) in [6, 6.07) is 0. The van der Waals surface area contributed by atoms with E-state index in [1.807, 2.05) is 0 Å². The van der Waals surface area contributed by atoms with Gasteiger partial charge >= 0.3 is 5.97 Å². The molecule has 0 heterocycles. The molecule has 0 aliphatic heterocycles. The van der Waals surface area contributed by atoms with Gasteiger partial charge < -0.3 is 9.47 Å². The van der Waals surface area contributed by atoms with Crippen LogP contribution in [-0.4, -0.2) is 31.3 Å². The van der Waals surface area contributed by atoms with Crippen LogP contribution in [0.25, 0.3) is 0 Å². The number of hydrogen-bond acceptors (Lipinski definition) is 5. The summed E-state index contributed by atoms with van der Waals surface area (Å²) in [6.45, 7) is 6.03. The van der Waals surface area contributed by atoms with Crippen molar-refractivity contribution < 1.29 is 23.9 Å². The van der Waals surface area contributed by atoms with Gasteiger partial charge in [-0.05, 0) is 31.6 Å². The average Bonchev–Trinajstić information content (AvgIpc) is 2.55. The van der Waals surface area contributed by atoms with Gasteiger partial charge in [0.2, 0.25) is 5.78 Å². The lowest BCUT2D eigenvalue weighted by atomic mass is 9.48. The van der Waals surface area contributed by atoms with Gasteiger partial charge in [0.25, 0.3) is 0 Å². The summed E-state index contributed by atoms with van der Waals surface area (Å²) in [5.41, 5.74) is 0.726. The Labute approximate surface area is 148 Å². The van der Waals surface area contributed by atoms with Gasteiger partial charge in [0.15, 0.2) is 11.5 Å². The molecule has 136 valence electrons. The molecule has 0 amide bonds. The summed E-state index contributed by atoms with van der Waals surface area (Å²) in [5, 5.41) is 0. The number of rotatable bonds is 3. The minimum absolute atomic E-state index is 0.0987. The zero-order valence-electron chi connectivity index (χ0n) is 15.4. The fraction of sp³-hybridized carbons (Fsp3) is 0.650. The van der Waals surface area contributed by atoms with Gasteiger partial charge in [-0.2, -0.15) is 0 Å². The van der Waals surface area contributed by atoms with Gasteiger partial charge in [0, 0.05) is 35.0 Å². The third-order valence-corrected chi connectivity index (χ3v) is 6.45. The summed E-state index contributed by atoms with van der Waals surface area (Å²) < 4.78 is 10.5. The molecule has 0 spiro atoms. The van der Waals surface area contributed by atoms with Crippen molar-refractivity contribution in [2.45, 2.75) is 52.9 Å². The number of carbonyl (C=O) groups is 3. The van der Waals surface area contributed by atoms with Gasteiger partial charge in [-0.25, -0.2) is 0 Å². The zero-order chi connectivity index (χ0) is 18.4. The Morgan fingerprint density at radius 1 is 1.28 bits per heavy atom. The number of hydrogen-bond donors (Lipinski definition) is 0. The van der Waals surface area contributed by atoms with Crippen molar-refractivity contribution in [3.05, 3.63) is 23.0 Å². The number of allylic oxidation sites excluding steroid dienone is 3. The predicted molar refractivity (Wildman–Crippen MR) is 91.6 cm³/mol. The van der Waals surface area contributed by atoms with Crippen LogP contribution in [0.4, 0.5) is 0 Å². The maximum Gasteiger partial charge on any atom is 0.302 e. The molecule has 0 aromatic carbocycles. The summed E-state index contributed by atoms with van der Waals surface area (Å²) in [4.78, 5) is 36.8. The van der Waals surface area contributed by atoms with Crippen molar-refractivity contribution in [2.75, 3.05) is 13.7 Å². The summed E-state index contributed by atoms with van der Waals surface area (Å²) in [7, 11) is 1.43. The molecule has 1 fully saturated rings. The average molecular weight is 346 g/mol. The number of esters is 1. The first-order chi connectivity index (χ1) is 11.7. The molecular formula is C20H26O5. The van der Waals surface area contributed by atoms with Crippen LogP contribution in [0, 0.1) is 16.7 Å². The molecule has 5 heteroatoms. The molecule has 0 bridgehead atoms. The minimum atomic E-state index is -0.383. The Morgan fingerprint density at radius 2 is 2.00 bits per heavy atom. The van der Waals surface area contributed by atoms with E-state index >= 15 is 0 Å². The zero-order valence-corrected chi connectivity index (χ0v) is 15.4. The largest absolute Gasteiger partial charge is 0.493 e. The molecule has 3 aliphatic rings. The summed E-state index contributed by atoms with van der Waals surface area (Å²) in [5.74, 6) is -0.199. The lowest BCUT2D eigenvalue weighted by Gasteiger charge is -2.55. The van der Waals surface area contributed by atoms with Gasteiger partial charge in [0.05, 0.1) is 13.7 Å². The van der Waals surface area contributed by atoms with Crippen LogP contribution < -0.4 is 0 Å². The molecule has 5 nitrogen and oxygen atoms in total. The van der Waals surface area contributed by atoms with Crippen molar-refractivity contribution in [2.24, 2.45) is 16.7 Å². The van der Waals surface area contributed by atoms with Gasteiger partial charge in [-0.15, -0.1) is 0 Å². The van der Waals surface area contributed by atoms with E-state index in [1.54, 1.807) is 0 Å². The van der Waals surface area contributed by atoms with Crippen molar-refractivity contribution >= 4 is 17.5 Å². The molecule has 3 atom stereocenters. The number of methoxy groups -OCH3 is 1. The SMILES string of the molecule is COC1=CC(=O)C2=C(C1=O)[C@@]1(C)CCC[C@](C)(COC(C)=O)[C@H]1CC2. The number of carbonyl (C=O) groups excluding carboxylic acids is 3. The Bertz CT molecular complexity index is 701. The Kier molecular flexibility index (Phi) is 4.38. The lowest BCUT2D eigenvalue weighted by molar-refractivity contribution is -0.149. The normalized spacial score (nSPS) is 34.9. The second kappa shape index (κ2) is 6.11. The highest BCUT2D eigenvalue weighted by Gasteiger charge is 2.56. The molecule has 0 saturated heterocycles. The molecule has 3 rings (SSSR count). The van der Waals surface area contributed by atoms with Crippen LogP contribution in [0.15, 0.2) is 23.0 Å². The fourth-order valence-electron chi connectivity index (χ4n) is 5.33. The smallest absolute Gasteiger partial charge is 0.302 e. The lowest BCUT2D eigenvalue weighted by Crippen LogP contribution is -2.51. The highest BCUT2D eigenvalue weighted by molar-refractivity contribution is 6.22. The highest BCUT2D eigenvalue weighted by Crippen LogP contribution is 2.60. The first-order valence-corrected chi connectivity index (χ1v) is 8.94. The van der Waals surface area contributed by atoms with Gasteiger partial charge in [-0.1, -0.05) is 20.3 Å². The van der Waals surface area contributed by atoms with Crippen LogP contribution in [-0.2, 0) is 23.9 Å². The number of ether oxygens (including phenoxy) is 2. The third-order valence-electron chi connectivity index (χ3n) is 6.45. The molecule has 1 saturated carbocycles. The van der Waals surface area contributed by atoms with Crippen LogP contribution in [0.2, 0.25) is 0 Å². The van der Waals surface area contributed by atoms with Crippen molar-refractivity contribution in [1.82, 2.24) is 0 Å². The second-order valence-corrected chi connectivity index (χ2v) is 8.06. The van der Waals surface area contributed by atoms with Gasteiger partial charge in [0.1, 0.15) is 0 Å². The molecule has 0 radical (unpaired) electrons. The Morgan fingerprint density at radius 3 is 2.64 bits per heavy atom. The van der Waals surface area contributed by atoms with Crippen molar-refractivity contribution in [3.8, 4) is 0 Å². The first kappa shape index (κ1) is 17.9. The third kappa shape index (κ3) is 2.74. The van der Waals surface area contributed by atoms with E-state index < -0.39 is 0 Å². The fourth-order valence-corrected chi connectivity index (χ4v) is 5.33. The van der Waals surface area contributed by atoms with E-state index in [0.29, 0.717) is 24.2 Å². The van der Waals surface area contributed by atoms with E-state index in [9.17, 15) is 14.4 Å². The molecular weight excluding hydrogens is 320 g/mol. The molecule has 0 aromatic heterocycles. The van der Waals surface area contributed by atoms with Crippen LogP contribution in [0.3, 0.4) is 0 Å². The minimum Gasteiger partial charge on any atom is -0.493 e. The van der Waals surface area contributed by atoms with Crippen LogP contribution >= 0.6 is 0 Å². The number of Topliss-reactive ketones (excluding diaryl/α,β-unsaturated/α-hetero) is 1. The molecule has 0 unspecified atom stereocenters. The van der Waals surface area contributed by atoms with E-state index in [1.165, 1.54) is 20.1 Å². The molecule has 3 aliphatic carbocycles. The van der Waals surface area contributed by atoms with E-state index in [0.717, 1.165) is 25.7 Å². The van der Waals surface area contributed by atoms with E-state index in [4.69, 9.17) is 9.47 Å². The predicted octanol–water partition coefficient (Wildman–Crippen LogP) is 3.13. The molecule has 25 heavy (non-hydrogen) atoms. The monoisotopic (exact) mass is 346 g/mol. The van der Waals surface area contributed by atoms with E-state index in [-0.39, 0.29) is 40.0 Å². The van der Waals surface area contributed by atoms with Crippen LogP contribution in [0.5, 0.6) is 0 Å². The van der Waals surface area contributed by atoms with Gasteiger partial charge in [-0.3, -0.25) is 14.4 Å². The maximum atomic E-state index is 13.0. The first-order valence-electron chi connectivity index (χ1n) is 8.94. The van der Waals surface area contributed by atoms with Crippen LogP contribution in [0.1, 0.15) is 52.9 Å². The quantitative estimate of drug-likeness (QED) is 0.580. The number of fused-ring (bicyclic) bond motifs is 2. The second-order valence-electron chi connectivity index (χ2n) is 8.06. The Hall–Kier alpha value is -1.91. The Balaban J connectivity index is 2.02. The maximum absolute atomic E-state index is 13.0. The highest BCUT2D eigenvalue weighted by atomic mass is 16.5. The summed E-state index contributed by atoms with van der Waals surface area (Å²) >= 11 is 0. The van der Waals surface area contributed by atoms with Crippen molar-refractivity contribution in [3.63, 3.8) is 0 Å². The standard InChI is InChI=1S/C20H26O5/c1-12(21)25-11-19(2)8-5-9-20(3)16(19)7-6-13-14(22)10-15(24-4)18(23)17(13)20/h10,16H,5-9,11H2,1-4H3/t16-,19-,20+/m1/s1. The summed E-state index contributed by atoms with van der Waals surface area (Å²) in [6.07, 6.45) is 5.52. The topological polar surface area (TPSA) is 69.7 Å². The van der Waals surface area contributed by atoms with Crippen molar-refractivity contribution in [1.29, 1.82) is 0 Å². The number of ketones is 2.